The number of carboxylic acids is 1. The van der Waals surface area contributed by atoms with E-state index in [4.69, 9.17) is 14.4 Å². The fourth-order valence-corrected chi connectivity index (χ4v) is 1.39. The number of carbonyl (C=O) groups excluding carboxylic acids is 1. The van der Waals surface area contributed by atoms with Crippen LogP contribution in [0.4, 0.5) is 4.79 Å². The molecule has 2 amide bonds. The summed E-state index contributed by atoms with van der Waals surface area (Å²) >= 11 is 0. The average molecular weight is 271 g/mol. The Morgan fingerprint density at radius 1 is 1.58 bits per heavy atom. The highest BCUT2D eigenvalue weighted by molar-refractivity contribution is 5.80. The number of ether oxygens (including phenoxy) is 1. The molecule has 0 unspecified atom stereocenters. The smallest absolute Gasteiger partial charge is 0.323 e. The van der Waals surface area contributed by atoms with Crippen molar-refractivity contribution in [2.45, 2.75) is 13.5 Å². The molecule has 19 heavy (non-hydrogen) atoms. The summed E-state index contributed by atoms with van der Waals surface area (Å²) < 4.78 is 9.76. The van der Waals surface area contributed by atoms with Crippen LogP contribution in [0, 0.1) is 6.92 Å². The van der Waals surface area contributed by atoms with Crippen molar-refractivity contribution < 1.29 is 24.0 Å². The molecule has 0 saturated carbocycles. The van der Waals surface area contributed by atoms with Gasteiger partial charge in [0.2, 0.25) is 0 Å². The Balaban J connectivity index is 2.48. The van der Waals surface area contributed by atoms with Crippen molar-refractivity contribution >= 4 is 12.0 Å². The minimum Gasteiger partial charge on any atom is -0.480 e. The molecule has 0 atom stereocenters. The van der Waals surface area contributed by atoms with Crippen molar-refractivity contribution in [2.24, 2.45) is 0 Å². The minimum absolute atomic E-state index is 0.156. The summed E-state index contributed by atoms with van der Waals surface area (Å²) in [6, 6.07) is 1.20. The summed E-state index contributed by atoms with van der Waals surface area (Å²) in [5.41, 5.74) is 0.714. The molecule has 0 aromatic carbocycles. The van der Waals surface area contributed by atoms with E-state index in [1.54, 1.807) is 13.0 Å². The summed E-state index contributed by atoms with van der Waals surface area (Å²) in [6.45, 7) is 2.00. The number of aryl methyl sites for hydroxylation is 1. The van der Waals surface area contributed by atoms with Crippen LogP contribution in [0.5, 0.6) is 0 Å². The number of urea groups is 1. The van der Waals surface area contributed by atoms with Crippen molar-refractivity contribution in [1.29, 1.82) is 0 Å². The summed E-state index contributed by atoms with van der Waals surface area (Å²) in [5, 5.41) is 15.0. The number of aromatic nitrogens is 1. The van der Waals surface area contributed by atoms with E-state index in [-0.39, 0.29) is 26.2 Å². The van der Waals surface area contributed by atoms with Crippen LogP contribution in [-0.4, -0.2) is 54.0 Å². The molecule has 1 heterocycles. The van der Waals surface area contributed by atoms with E-state index in [2.05, 4.69) is 10.5 Å². The van der Waals surface area contributed by atoms with Crippen LogP contribution in [0.25, 0.3) is 0 Å². The van der Waals surface area contributed by atoms with Crippen molar-refractivity contribution in [3.8, 4) is 0 Å². The molecule has 2 N–H and O–H groups in total. The second-order valence-electron chi connectivity index (χ2n) is 3.90. The van der Waals surface area contributed by atoms with E-state index in [0.29, 0.717) is 11.5 Å². The van der Waals surface area contributed by atoms with Crippen LogP contribution in [-0.2, 0) is 16.1 Å². The van der Waals surface area contributed by atoms with Gasteiger partial charge in [0.05, 0.1) is 18.8 Å². The third kappa shape index (κ3) is 5.38. The Labute approximate surface area is 110 Å². The highest BCUT2D eigenvalue weighted by Crippen LogP contribution is 2.01. The molecule has 0 fully saturated rings. The van der Waals surface area contributed by atoms with Crippen molar-refractivity contribution in [2.75, 3.05) is 26.8 Å². The van der Waals surface area contributed by atoms with Gasteiger partial charge in [0.25, 0.3) is 0 Å². The Morgan fingerprint density at radius 2 is 2.32 bits per heavy atom. The second-order valence-corrected chi connectivity index (χ2v) is 3.90. The summed E-state index contributed by atoms with van der Waals surface area (Å²) in [7, 11) is 1.48. The zero-order valence-electron chi connectivity index (χ0n) is 10.9. The maximum absolute atomic E-state index is 11.8. The number of hydrogen-bond acceptors (Lipinski definition) is 5. The molecule has 0 aliphatic rings. The second kappa shape index (κ2) is 7.37. The third-order valence-electron chi connectivity index (χ3n) is 2.27. The quantitative estimate of drug-likeness (QED) is 0.735. The van der Waals surface area contributed by atoms with Gasteiger partial charge in [-0.15, -0.1) is 0 Å². The van der Waals surface area contributed by atoms with Crippen LogP contribution in [0.15, 0.2) is 10.6 Å². The zero-order chi connectivity index (χ0) is 14.3. The molecule has 0 radical (unpaired) electrons. The molecule has 1 rings (SSSR count). The lowest BCUT2D eigenvalue weighted by Crippen LogP contribution is -2.44. The molecule has 0 aliphatic carbocycles. The molecule has 106 valence electrons. The SMILES string of the molecule is COCCN(CC(=O)O)C(=O)NCc1cc(C)no1. The molecular formula is C11H17N3O5. The van der Waals surface area contributed by atoms with Crippen molar-refractivity contribution in [3.05, 3.63) is 17.5 Å². The lowest BCUT2D eigenvalue weighted by Gasteiger charge is -2.20. The van der Waals surface area contributed by atoms with Gasteiger partial charge in [-0.3, -0.25) is 4.79 Å². The molecule has 8 nitrogen and oxygen atoms in total. The van der Waals surface area contributed by atoms with E-state index in [0.717, 1.165) is 4.90 Å². The topological polar surface area (TPSA) is 105 Å². The van der Waals surface area contributed by atoms with Gasteiger partial charge in [-0.1, -0.05) is 5.16 Å². The fraction of sp³-hybridized carbons (Fsp3) is 0.545. The van der Waals surface area contributed by atoms with E-state index >= 15 is 0 Å². The van der Waals surface area contributed by atoms with Gasteiger partial charge in [0.1, 0.15) is 6.54 Å². The summed E-state index contributed by atoms with van der Waals surface area (Å²) in [4.78, 5) is 23.6. The molecule has 1 aromatic heterocycles. The number of carboxylic acid groups (broad SMARTS) is 1. The number of rotatable bonds is 7. The van der Waals surface area contributed by atoms with Crippen LogP contribution in [0.1, 0.15) is 11.5 Å². The summed E-state index contributed by atoms with van der Waals surface area (Å²) in [6.07, 6.45) is 0. The van der Waals surface area contributed by atoms with Gasteiger partial charge >= 0.3 is 12.0 Å². The first-order valence-corrected chi connectivity index (χ1v) is 5.68. The van der Waals surface area contributed by atoms with Crippen LogP contribution in [0.2, 0.25) is 0 Å². The van der Waals surface area contributed by atoms with Gasteiger partial charge in [0, 0.05) is 19.7 Å². The molecule has 8 heteroatoms. The van der Waals surface area contributed by atoms with E-state index in [9.17, 15) is 9.59 Å². The van der Waals surface area contributed by atoms with Crippen LogP contribution in [0.3, 0.4) is 0 Å². The molecule has 0 aliphatic heterocycles. The predicted octanol–water partition coefficient (Wildman–Crippen LogP) is 0.226. The first-order chi connectivity index (χ1) is 9.02. The summed E-state index contributed by atoms with van der Waals surface area (Å²) in [5.74, 6) is -0.574. The molecule has 0 bridgehead atoms. The molecular weight excluding hydrogens is 254 g/mol. The van der Waals surface area contributed by atoms with Gasteiger partial charge < -0.3 is 24.6 Å². The average Bonchev–Trinajstić information content (AvgIpc) is 2.77. The highest BCUT2D eigenvalue weighted by atomic mass is 16.5. The van der Waals surface area contributed by atoms with Gasteiger partial charge in [0.15, 0.2) is 5.76 Å². The van der Waals surface area contributed by atoms with Crippen LogP contribution >= 0.6 is 0 Å². The number of nitrogens with one attached hydrogen (secondary N) is 1. The third-order valence-corrected chi connectivity index (χ3v) is 2.27. The van der Waals surface area contributed by atoms with E-state index in [1.165, 1.54) is 7.11 Å². The largest absolute Gasteiger partial charge is 0.480 e. The molecule has 1 aromatic rings. The van der Waals surface area contributed by atoms with Crippen molar-refractivity contribution in [3.63, 3.8) is 0 Å². The van der Waals surface area contributed by atoms with Gasteiger partial charge in [-0.2, -0.15) is 0 Å². The number of methoxy groups -OCH3 is 1. The monoisotopic (exact) mass is 271 g/mol. The highest BCUT2D eigenvalue weighted by Gasteiger charge is 2.16. The predicted molar refractivity (Wildman–Crippen MR) is 64.6 cm³/mol. The Bertz CT molecular complexity index is 432. The number of carbonyl (C=O) groups is 2. The zero-order valence-corrected chi connectivity index (χ0v) is 10.9. The number of aliphatic carboxylic acids is 1. The lowest BCUT2D eigenvalue weighted by atomic mass is 10.4. The molecule has 0 saturated heterocycles. The molecule has 0 spiro atoms. The normalized spacial score (nSPS) is 10.2. The lowest BCUT2D eigenvalue weighted by molar-refractivity contribution is -0.137. The van der Waals surface area contributed by atoms with E-state index < -0.39 is 12.0 Å². The van der Waals surface area contributed by atoms with Crippen molar-refractivity contribution in [1.82, 2.24) is 15.4 Å². The minimum atomic E-state index is -1.08. The number of nitrogens with zero attached hydrogens (tertiary/aromatic N) is 2. The fourth-order valence-electron chi connectivity index (χ4n) is 1.39. The Morgan fingerprint density at radius 3 is 2.84 bits per heavy atom. The first kappa shape index (κ1) is 15.0. The number of amides is 2. The van der Waals surface area contributed by atoms with Gasteiger partial charge in [-0.25, -0.2) is 4.79 Å². The first-order valence-electron chi connectivity index (χ1n) is 5.68. The Kier molecular flexibility index (Phi) is 5.80. The Hall–Kier alpha value is -2.09. The van der Waals surface area contributed by atoms with E-state index in [1.807, 2.05) is 0 Å². The van der Waals surface area contributed by atoms with Gasteiger partial charge in [-0.05, 0) is 6.92 Å². The maximum atomic E-state index is 11.8. The number of hydrogen-bond donors (Lipinski definition) is 2. The maximum Gasteiger partial charge on any atom is 0.323 e. The standard InChI is InChI=1S/C11H17N3O5/c1-8-5-9(19-13-8)6-12-11(17)14(3-4-18-2)7-10(15)16/h5H,3-4,6-7H2,1-2H3,(H,12,17)(H,15,16). The van der Waals surface area contributed by atoms with Crippen LogP contribution < -0.4 is 5.32 Å².